The number of nitrogens with two attached hydrogens (primary N) is 1. The van der Waals surface area contributed by atoms with Crippen molar-refractivity contribution in [1.29, 1.82) is 0 Å². The van der Waals surface area contributed by atoms with Crippen LogP contribution in [0.3, 0.4) is 0 Å². The van der Waals surface area contributed by atoms with E-state index in [1.165, 1.54) is 0 Å². The molecule has 0 aliphatic carbocycles. The number of rotatable bonds is 3. The molecule has 0 spiro atoms. The van der Waals surface area contributed by atoms with E-state index in [-0.39, 0.29) is 6.04 Å². The molecular formula is C15H14ClN3O. The summed E-state index contributed by atoms with van der Waals surface area (Å²) in [7, 11) is 0. The zero-order chi connectivity index (χ0) is 14.1. The lowest BCUT2D eigenvalue weighted by atomic mass is 10.1. The minimum atomic E-state index is -0.262. The minimum Gasteiger partial charge on any atom is -0.459 e. The summed E-state index contributed by atoms with van der Waals surface area (Å²) in [5.41, 5.74) is 5.64. The first-order valence-corrected chi connectivity index (χ1v) is 6.63. The van der Waals surface area contributed by atoms with E-state index in [1.807, 2.05) is 37.3 Å². The van der Waals surface area contributed by atoms with Crippen LogP contribution in [-0.2, 0) is 0 Å². The molecule has 1 unspecified atom stereocenters. The van der Waals surface area contributed by atoms with E-state index in [0.29, 0.717) is 5.15 Å². The lowest BCUT2D eigenvalue weighted by Gasteiger charge is -2.13. The summed E-state index contributed by atoms with van der Waals surface area (Å²) in [6, 6.07) is 11.4. The zero-order valence-electron chi connectivity index (χ0n) is 10.9. The molecule has 102 valence electrons. The number of aryl methyl sites for hydroxylation is 1. The number of furan rings is 1. The molecule has 5 heteroatoms. The molecule has 1 atom stereocenters. The third kappa shape index (κ3) is 2.29. The Morgan fingerprint density at radius 1 is 1.30 bits per heavy atom. The monoisotopic (exact) mass is 287 g/mol. The summed E-state index contributed by atoms with van der Waals surface area (Å²) in [4.78, 5) is 3.97. The highest BCUT2D eigenvalue weighted by Crippen LogP contribution is 2.29. The average Bonchev–Trinajstić information content (AvgIpc) is 2.85. The Hall–Kier alpha value is -1.88. The molecule has 3 rings (SSSR count). The van der Waals surface area contributed by atoms with Gasteiger partial charge in [-0.15, -0.1) is 0 Å². The van der Waals surface area contributed by atoms with E-state index in [0.717, 1.165) is 27.9 Å². The van der Waals surface area contributed by atoms with Crippen molar-refractivity contribution < 1.29 is 4.42 Å². The highest BCUT2D eigenvalue weighted by molar-refractivity contribution is 6.29. The van der Waals surface area contributed by atoms with Crippen molar-refractivity contribution >= 4 is 22.6 Å². The van der Waals surface area contributed by atoms with Gasteiger partial charge in [-0.3, -0.25) is 5.84 Å². The number of halogens is 1. The van der Waals surface area contributed by atoms with Gasteiger partial charge in [-0.1, -0.05) is 29.8 Å². The summed E-state index contributed by atoms with van der Waals surface area (Å²) in [5, 5.41) is 1.48. The highest BCUT2D eigenvalue weighted by atomic mass is 35.5. The highest BCUT2D eigenvalue weighted by Gasteiger charge is 2.18. The van der Waals surface area contributed by atoms with Crippen LogP contribution < -0.4 is 11.3 Å². The van der Waals surface area contributed by atoms with Crippen LogP contribution in [0.25, 0.3) is 11.0 Å². The lowest BCUT2D eigenvalue weighted by molar-refractivity contribution is 0.476. The minimum absolute atomic E-state index is 0.262. The Morgan fingerprint density at radius 2 is 2.15 bits per heavy atom. The topological polar surface area (TPSA) is 64.1 Å². The Labute approximate surface area is 121 Å². The second-order valence-electron chi connectivity index (χ2n) is 4.65. The predicted octanol–water partition coefficient (Wildman–Crippen LogP) is 3.34. The molecule has 20 heavy (non-hydrogen) atoms. The van der Waals surface area contributed by atoms with Gasteiger partial charge >= 0.3 is 0 Å². The fourth-order valence-corrected chi connectivity index (χ4v) is 2.49. The molecular weight excluding hydrogens is 274 g/mol. The van der Waals surface area contributed by atoms with Crippen molar-refractivity contribution in [2.75, 3.05) is 0 Å². The van der Waals surface area contributed by atoms with Crippen molar-refractivity contribution in [2.24, 2.45) is 5.84 Å². The molecule has 3 N–H and O–H groups in total. The van der Waals surface area contributed by atoms with E-state index in [2.05, 4.69) is 10.4 Å². The number of pyridine rings is 1. The van der Waals surface area contributed by atoms with Crippen LogP contribution in [0, 0.1) is 6.92 Å². The van der Waals surface area contributed by atoms with Crippen molar-refractivity contribution in [3.05, 3.63) is 64.6 Å². The predicted molar refractivity (Wildman–Crippen MR) is 79.4 cm³/mol. The van der Waals surface area contributed by atoms with Crippen LogP contribution in [-0.4, -0.2) is 4.98 Å². The number of hydrogen-bond acceptors (Lipinski definition) is 4. The average molecular weight is 288 g/mol. The molecule has 0 bridgehead atoms. The number of nitrogens with one attached hydrogen (secondary N) is 1. The first-order valence-electron chi connectivity index (χ1n) is 6.25. The van der Waals surface area contributed by atoms with Crippen molar-refractivity contribution in [1.82, 2.24) is 10.4 Å². The molecule has 0 saturated heterocycles. The van der Waals surface area contributed by atoms with Gasteiger partial charge in [0.1, 0.15) is 22.5 Å². The maximum Gasteiger partial charge on any atom is 0.137 e. The molecule has 0 aliphatic rings. The molecule has 3 aromatic rings. The standard InChI is InChI=1S/C15H14ClN3O/c1-9-3-2-4-11-7-12(20-15(9)11)14(19-17)10-5-6-18-13(16)8-10/h2-8,14,19H,17H2,1H3. The Morgan fingerprint density at radius 3 is 2.85 bits per heavy atom. The van der Waals surface area contributed by atoms with Crippen molar-refractivity contribution in [3.8, 4) is 0 Å². The largest absolute Gasteiger partial charge is 0.459 e. The summed E-state index contributed by atoms with van der Waals surface area (Å²) < 4.78 is 5.94. The Bertz CT molecular complexity index is 754. The number of nitrogens with zero attached hydrogens (tertiary/aromatic N) is 1. The summed E-state index contributed by atoms with van der Waals surface area (Å²) in [6.07, 6.45) is 1.65. The third-order valence-corrected chi connectivity index (χ3v) is 3.50. The van der Waals surface area contributed by atoms with Crippen LogP contribution in [0.1, 0.15) is 22.9 Å². The fourth-order valence-electron chi connectivity index (χ4n) is 2.31. The number of benzene rings is 1. The maximum absolute atomic E-state index is 5.94. The first kappa shape index (κ1) is 13.1. The lowest BCUT2D eigenvalue weighted by Crippen LogP contribution is -2.28. The fraction of sp³-hybridized carbons (Fsp3) is 0.133. The number of fused-ring (bicyclic) bond motifs is 1. The van der Waals surface area contributed by atoms with Crippen LogP contribution in [0.5, 0.6) is 0 Å². The molecule has 1 aromatic carbocycles. The quantitative estimate of drug-likeness (QED) is 0.440. The van der Waals surface area contributed by atoms with Gasteiger partial charge in [0.2, 0.25) is 0 Å². The van der Waals surface area contributed by atoms with Gasteiger partial charge in [-0.25, -0.2) is 10.4 Å². The van der Waals surface area contributed by atoms with Gasteiger partial charge in [0.25, 0.3) is 0 Å². The second-order valence-corrected chi connectivity index (χ2v) is 5.04. The van der Waals surface area contributed by atoms with Gasteiger partial charge in [-0.2, -0.15) is 0 Å². The molecule has 0 amide bonds. The van der Waals surface area contributed by atoms with E-state index in [4.69, 9.17) is 21.9 Å². The molecule has 0 saturated carbocycles. The van der Waals surface area contributed by atoms with E-state index >= 15 is 0 Å². The molecule has 0 aliphatic heterocycles. The molecule has 0 radical (unpaired) electrons. The Balaban J connectivity index is 2.09. The van der Waals surface area contributed by atoms with Crippen LogP contribution >= 0.6 is 11.6 Å². The smallest absolute Gasteiger partial charge is 0.137 e. The van der Waals surface area contributed by atoms with E-state index in [9.17, 15) is 0 Å². The molecule has 2 aromatic heterocycles. The number of hydrazine groups is 1. The molecule has 4 nitrogen and oxygen atoms in total. The molecule has 0 fully saturated rings. The van der Waals surface area contributed by atoms with Crippen LogP contribution in [0.15, 0.2) is 47.0 Å². The van der Waals surface area contributed by atoms with Gasteiger partial charge in [-0.05, 0) is 36.2 Å². The number of aromatic nitrogens is 1. The van der Waals surface area contributed by atoms with Gasteiger partial charge < -0.3 is 4.42 Å². The first-order chi connectivity index (χ1) is 9.69. The summed E-state index contributed by atoms with van der Waals surface area (Å²) in [6.45, 7) is 2.02. The second kappa shape index (κ2) is 5.25. The van der Waals surface area contributed by atoms with Gasteiger partial charge in [0.15, 0.2) is 0 Å². The normalized spacial score (nSPS) is 12.8. The van der Waals surface area contributed by atoms with Gasteiger partial charge in [0, 0.05) is 11.6 Å². The Kier molecular flexibility index (Phi) is 3.44. The summed E-state index contributed by atoms with van der Waals surface area (Å²) in [5.74, 6) is 6.42. The van der Waals surface area contributed by atoms with Crippen molar-refractivity contribution in [3.63, 3.8) is 0 Å². The molecule has 2 heterocycles. The van der Waals surface area contributed by atoms with E-state index in [1.54, 1.807) is 12.3 Å². The number of para-hydroxylation sites is 1. The van der Waals surface area contributed by atoms with Crippen LogP contribution in [0.4, 0.5) is 0 Å². The van der Waals surface area contributed by atoms with Gasteiger partial charge in [0.05, 0.1) is 0 Å². The van der Waals surface area contributed by atoms with E-state index < -0.39 is 0 Å². The number of hydrogen-bond donors (Lipinski definition) is 2. The van der Waals surface area contributed by atoms with Crippen molar-refractivity contribution in [2.45, 2.75) is 13.0 Å². The maximum atomic E-state index is 5.94. The third-order valence-electron chi connectivity index (χ3n) is 3.30. The zero-order valence-corrected chi connectivity index (χ0v) is 11.7. The SMILES string of the molecule is Cc1cccc2cc(C(NN)c3ccnc(Cl)c3)oc12. The summed E-state index contributed by atoms with van der Waals surface area (Å²) >= 11 is 5.93. The van der Waals surface area contributed by atoms with Crippen LogP contribution in [0.2, 0.25) is 5.15 Å².